The summed E-state index contributed by atoms with van der Waals surface area (Å²) in [6.45, 7) is 1.96. The van der Waals surface area contributed by atoms with Crippen LogP contribution in [0.1, 0.15) is 62.6 Å². The molecule has 0 fully saturated rings. The van der Waals surface area contributed by atoms with Crippen molar-refractivity contribution in [1.82, 2.24) is 0 Å². The average Bonchev–Trinajstić information content (AvgIpc) is 3.29. The molecule has 1 aliphatic rings. The Morgan fingerprint density at radius 2 is 1.63 bits per heavy atom. The van der Waals surface area contributed by atoms with Gasteiger partial charge < -0.3 is 19.9 Å². The number of carbonyl (C=O) groups excluding carboxylic acids is 3. The molecule has 194 valence electrons. The Morgan fingerprint density at radius 3 is 2.37 bits per heavy atom. The van der Waals surface area contributed by atoms with Gasteiger partial charge in [-0.05, 0) is 61.1 Å². The van der Waals surface area contributed by atoms with Gasteiger partial charge in [0.2, 0.25) is 6.10 Å². The van der Waals surface area contributed by atoms with Gasteiger partial charge >= 0.3 is 11.9 Å². The van der Waals surface area contributed by atoms with Gasteiger partial charge in [0, 0.05) is 10.4 Å². The van der Waals surface area contributed by atoms with E-state index in [9.17, 15) is 19.5 Å². The normalized spacial score (nSPS) is 13.4. The number of fused-ring (bicyclic) bond motifs is 2. The molecular formula is C30H27NO6S. The molecule has 1 aliphatic carbocycles. The minimum atomic E-state index is -1.32. The molecule has 0 saturated carbocycles. The second kappa shape index (κ2) is 11.1. The van der Waals surface area contributed by atoms with Crippen LogP contribution < -0.4 is 5.32 Å². The molecule has 1 atom stereocenters. The number of benzene rings is 3. The summed E-state index contributed by atoms with van der Waals surface area (Å²) in [4.78, 5) is 40.8. The lowest BCUT2D eigenvalue weighted by Gasteiger charge is -2.19. The quantitative estimate of drug-likeness (QED) is 0.277. The third kappa shape index (κ3) is 5.13. The molecule has 1 heterocycles. The minimum absolute atomic E-state index is 0.0452. The van der Waals surface area contributed by atoms with Crippen molar-refractivity contribution in [1.29, 1.82) is 0 Å². The molecule has 1 aromatic heterocycles. The van der Waals surface area contributed by atoms with Crippen LogP contribution in [-0.2, 0) is 27.1 Å². The topological polar surface area (TPSA) is 102 Å². The number of anilines is 1. The van der Waals surface area contributed by atoms with Crippen molar-refractivity contribution in [2.24, 2.45) is 0 Å². The van der Waals surface area contributed by atoms with Crippen LogP contribution in [0.4, 0.5) is 5.00 Å². The molecule has 5 rings (SSSR count). The van der Waals surface area contributed by atoms with E-state index in [4.69, 9.17) is 9.47 Å². The number of phenolic OH excluding ortho intramolecular Hbond substituents is 1. The number of aryl methyl sites for hydroxylation is 1. The molecule has 3 aromatic carbocycles. The number of ether oxygens (including phenoxy) is 2. The van der Waals surface area contributed by atoms with Gasteiger partial charge in [0.05, 0.1) is 12.2 Å². The fourth-order valence-corrected chi connectivity index (χ4v) is 5.99. The fourth-order valence-electron chi connectivity index (χ4n) is 4.71. The van der Waals surface area contributed by atoms with Gasteiger partial charge in [-0.2, -0.15) is 0 Å². The number of hydrogen-bond acceptors (Lipinski definition) is 7. The first kappa shape index (κ1) is 25.5. The number of nitrogens with one attached hydrogen (secondary N) is 1. The van der Waals surface area contributed by atoms with Gasteiger partial charge in [-0.25, -0.2) is 9.59 Å². The lowest BCUT2D eigenvalue weighted by atomic mass is 9.95. The molecule has 4 aromatic rings. The van der Waals surface area contributed by atoms with Crippen molar-refractivity contribution in [2.75, 3.05) is 11.9 Å². The van der Waals surface area contributed by atoms with Crippen molar-refractivity contribution < 1.29 is 29.0 Å². The molecule has 2 N–H and O–H groups in total. The Balaban J connectivity index is 1.47. The summed E-state index contributed by atoms with van der Waals surface area (Å²) in [6, 6.07) is 19.0. The van der Waals surface area contributed by atoms with Crippen LogP contribution in [-0.4, -0.2) is 29.6 Å². The summed E-state index contributed by atoms with van der Waals surface area (Å²) in [6.07, 6.45) is 2.24. The monoisotopic (exact) mass is 529 g/mol. The van der Waals surface area contributed by atoms with Crippen LogP contribution in [0.5, 0.6) is 5.75 Å². The lowest BCUT2D eigenvalue weighted by Crippen LogP contribution is -2.26. The standard InChI is InChI=1S/C30H27NO6S/c1-2-36-30(35)25-21-14-8-9-15-24(21)38-28(25)31-27(33)26(18-10-4-3-5-11-18)37-29(34)22-16-19-12-6-7-13-20(19)17-23(22)32/h3-7,10-13,16-17,26,32H,2,8-9,14-15H2,1H3,(H,31,33). The first-order chi connectivity index (χ1) is 18.5. The molecule has 1 amide bonds. The smallest absolute Gasteiger partial charge is 0.343 e. The summed E-state index contributed by atoms with van der Waals surface area (Å²) in [5.74, 6) is -2.16. The number of phenols is 1. The maximum atomic E-state index is 13.6. The Kier molecular flexibility index (Phi) is 7.42. The molecule has 0 aliphatic heterocycles. The van der Waals surface area contributed by atoms with Crippen LogP contribution in [0.2, 0.25) is 0 Å². The highest BCUT2D eigenvalue weighted by Crippen LogP contribution is 2.39. The number of amides is 1. The summed E-state index contributed by atoms with van der Waals surface area (Å²) >= 11 is 1.36. The van der Waals surface area contributed by atoms with Crippen molar-refractivity contribution in [3.8, 4) is 5.75 Å². The summed E-state index contributed by atoms with van der Waals surface area (Å²) in [5, 5.41) is 15.3. The number of hydrogen-bond donors (Lipinski definition) is 2. The largest absolute Gasteiger partial charge is 0.507 e. The Bertz CT molecular complexity index is 1510. The van der Waals surface area contributed by atoms with Crippen LogP contribution in [0.15, 0.2) is 66.7 Å². The van der Waals surface area contributed by atoms with Crippen LogP contribution in [0.3, 0.4) is 0 Å². The molecule has 0 radical (unpaired) electrons. The second-order valence-corrected chi connectivity index (χ2v) is 10.1. The number of thiophene rings is 1. The zero-order valence-corrected chi connectivity index (χ0v) is 21.7. The van der Waals surface area contributed by atoms with E-state index in [1.54, 1.807) is 43.3 Å². The van der Waals surface area contributed by atoms with Gasteiger partial charge in [0.25, 0.3) is 5.91 Å². The zero-order valence-electron chi connectivity index (χ0n) is 20.9. The number of carbonyl (C=O) groups is 3. The number of rotatable bonds is 7. The minimum Gasteiger partial charge on any atom is -0.507 e. The molecule has 38 heavy (non-hydrogen) atoms. The zero-order chi connectivity index (χ0) is 26.6. The van der Waals surface area contributed by atoms with Gasteiger partial charge in [0.15, 0.2) is 0 Å². The molecule has 7 nitrogen and oxygen atoms in total. The van der Waals surface area contributed by atoms with Crippen LogP contribution >= 0.6 is 11.3 Å². The molecule has 0 bridgehead atoms. The van der Waals surface area contributed by atoms with Crippen LogP contribution in [0.25, 0.3) is 10.8 Å². The Morgan fingerprint density at radius 1 is 0.947 bits per heavy atom. The van der Waals surface area contributed by atoms with E-state index >= 15 is 0 Å². The molecular weight excluding hydrogens is 502 g/mol. The second-order valence-electron chi connectivity index (χ2n) is 9.04. The number of esters is 2. The first-order valence-electron chi connectivity index (χ1n) is 12.6. The van der Waals surface area contributed by atoms with E-state index in [0.29, 0.717) is 16.1 Å². The van der Waals surface area contributed by atoms with E-state index in [2.05, 4.69) is 5.32 Å². The first-order valence-corrected chi connectivity index (χ1v) is 13.4. The van der Waals surface area contributed by atoms with Gasteiger partial charge in [-0.15, -0.1) is 11.3 Å². The maximum Gasteiger partial charge on any atom is 0.343 e. The highest BCUT2D eigenvalue weighted by atomic mass is 32.1. The summed E-state index contributed by atoms with van der Waals surface area (Å²) in [7, 11) is 0. The molecule has 0 saturated heterocycles. The Labute approximate surface area is 224 Å². The van der Waals surface area contributed by atoms with Gasteiger partial charge in [-0.1, -0.05) is 54.6 Å². The predicted octanol–water partition coefficient (Wildman–Crippen LogP) is 6.20. The highest BCUT2D eigenvalue weighted by Gasteiger charge is 2.31. The van der Waals surface area contributed by atoms with Gasteiger partial charge in [-0.3, -0.25) is 4.79 Å². The van der Waals surface area contributed by atoms with Gasteiger partial charge in [0.1, 0.15) is 16.3 Å². The third-order valence-corrected chi connectivity index (χ3v) is 7.74. The molecule has 0 spiro atoms. The predicted molar refractivity (Wildman–Crippen MR) is 146 cm³/mol. The van der Waals surface area contributed by atoms with Crippen LogP contribution in [0, 0.1) is 0 Å². The van der Waals surface area contributed by atoms with Crippen molar-refractivity contribution in [2.45, 2.75) is 38.7 Å². The van der Waals surface area contributed by atoms with E-state index < -0.39 is 23.9 Å². The van der Waals surface area contributed by atoms with E-state index in [1.165, 1.54) is 17.4 Å². The average molecular weight is 530 g/mol. The van der Waals surface area contributed by atoms with Crippen molar-refractivity contribution in [3.63, 3.8) is 0 Å². The lowest BCUT2D eigenvalue weighted by molar-refractivity contribution is -0.125. The number of aromatic hydroxyl groups is 1. The van der Waals surface area contributed by atoms with Crippen molar-refractivity contribution >= 4 is 45.0 Å². The SMILES string of the molecule is CCOC(=O)c1c(NC(=O)C(OC(=O)c2cc3ccccc3cc2O)c2ccccc2)sc2c1CCCC2. The summed E-state index contributed by atoms with van der Waals surface area (Å²) in [5.41, 5.74) is 1.71. The van der Waals surface area contributed by atoms with E-state index in [0.717, 1.165) is 46.9 Å². The highest BCUT2D eigenvalue weighted by molar-refractivity contribution is 7.17. The van der Waals surface area contributed by atoms with E-state index in [1.807, 2.05) is 24.3 Å². The summed E-state index contributed by atoms with van der Waals surface area (Å²) < 4.78 is 11.0. The maximum absolute atomic E-state index is 13.6. The molecule has 1 unspecified atom stereocenters. The Hall–Kier alpha value is -4.17. The van der Waals surface area contributed by atoms with E-state index in [-0.39, 0.29) is 17.9 Å². The fraction of sp³-hybridized carbons (Fsp3) is 0.233. The third-order valence-electron chi connectivity index (χ3n) is 6.54. The molecule has 8 heteroatoms. The van der Waals surface area contributed by atoms with Crippen molar-refractivity contribution in [3.05, 3.63) is 93.9 Å².